The Bertz CT molecular complexity index is 434. The standard InChI is InChI=1S/C13H16ClNO3/c1-2-3-8-11(13(17)18)15-12(16)9-6-4-5-7-10(9)14/h4-7,11H,2-3,8H2,1H3,(H,15,16)(H,17,18). The maximum atomic E-state index is 11.9. The van der Waals surface area contributed by atoms with Crippen molar-refractivity contribution in [2.24, 2.45) is 0 Å². The number of rotatable bonds is 6. The van der Waals surface area contributed by atoms with E-state index in [0.29, 0.717) is 17.0 Å². The lowest BCUT2D eigenvalue weighted by Gasteiger charge is -2.14. The van der Waals surface area contributed by atoms with E-state index in [1.165, 1.54) is 0 Å². The lowest BCUT2D eigenvalue weighted by molar-refractivity contribution is -0.139. The lowest BCUT2D eigenvalue weighted by atomic mass is 10.1. The number of carboxylic acid groups (broad SMARTS) is 1. The Hall–Kier alpha value is -1.55. The highest BCUT2D eigenvalue weighted by molar-refractivity contribution is 6.33. The quantitative estimate of drug-likeness (QED) is 0.834. The molecule has 1 rings (SSSR count). The van der Waals surface area contributed by atoms with Gasteiger partial charge in [0.15, 0.2) is 0 Å². The third-order valence-electron chi connectivity index (χ3n) is 2.57. The molecule has 1 aromatic rings. The van der Waals surface area contributed by atoms with Crippen molar-refractivity contribution in [3.8, 4) is 0 Å². The molecule has 98 valence electrons. The first-order valence-electron chi connectivity index (χ1n) is 5.84. The minimum Gasteiger partial charge on any atom is -0.480 e. The van der Waals surface area contributed by atoms with Crippen molar-refractivity contribution in [1.29, 1.82) is 0 Å². The number of unbranched alkanes of at least 4 members (excludes halogenated alkanes) is 1. The number of carboxylic acids is 1. The average Bonchev–Trinajstić information content (AvgIpc) is 2.34. The average molecular weight is 270 g/mol. The minimum absolute atomic E-state index is 0.293. The van der Waals surface area contributed by atoms with Crippen molar-refractivity contribution >= 4 is 23.5 Å². The molecule has 1 aromatic carbocycles. The number of hydrogen-bond acceptors (Lipinski definition) is 2. The predicted molar refractivity (Wildman–Crippen MR) is 69.9 cm³/mol. The van der Waals surface area contributed by atoms with Gasteiger partial charge >= 0.3 is 5.97 Å². The Morgan fingerprint density at radius 1 is 1.39 bits per heavy atom. The Morgan fingerprint density at radius 2 is 2.06 bits per heavy atom. The molecule has 18 heavy (non-hydrogen) atoms. The Balaban J connectivity index is 2.72. The topological polar surface area (TPSA) is 66.4 Å². The van der Waals surface area contributed by atoms with Crippen LogP contribution in [0.4, 0.5) is 0 Å². The molecular formula is C13H16ClNO3. The fourth-order valence-electron chi connectivity index (χ4n) is 1.55. The molecule has 0 spiro atoms. The maximum Gasteiger partial charge on any atom is 0.326 e. The molecule has 0 aliphatic rings. The highest BCUT2D eigenvalue weighted by Gasteiger charge is 2.20. The summed E-state index contributed by atoms with van der Waals surface area (Å²) in [7, 11) is 0. The second kappa shape index (κ2) is 7.01. The number of halogens is 1. The second-order valence-electron chi connectivity index (χ2n) is 3.99. The molecule has 0 aliphatic carbocycles. The van der Waals surface area contributed by atoms with E-state index >= 15 is 0 Å². The van der Waals surface area contributed by atoms with Crippen molar-refractivity contribution in [3.05, 3.63) is 34.9 Å². The molecule has 5 heteroatoms. The van der Waals surface area contributed by atoms with E-state index in [-0.39, 0.29) is 0 Å². The highest BCUT2D eigenvalue weighted by Crippen LogP contribution is 2.15. The van der Waals surface area contributed by atoms with E-state index in [9.17, 15) is 9.59 Å². The summed E-state index contributed by atoms with van der Waals surface area (Å²) in [6.45, 7) is 1.97. The third kappa shape index (κ3) is 4.04. The Morgan fingerprint density at radius 3 is 2.61 bits per heavy atom. The molecule has 1 amide bonds. The van der Waals surface area contributed by atoms with Crippen LogP contribution in [0, 0.1) is 0 Å². The van der Waals surface area contributed by atoms with Crippen LogP contribution < -0.4 is 5.32 Å². The summed E-state index contributed by atoms with van der Waals surface area (Å²) in [6, 6.07) is 5.69. The summed E-state index contributed by atoms with van der Waals surface area (Å²) in [5, 5.41) is 11.8. The normalized spacial score (nSPS) is 11.9. The van der Waals surface area contributed by atoms with E-state index in [4.69, 9.17) is 16.7 Å². The van der Waals surface area contributed by atoms with Crippen molar-refractivity contribution in [1.82, 2.24) is 5.32 Å². The van der Waals surface area contributed by atoms with E-state index in [0.717, 1.165) is 12.8 Å². The number of carbonyl (C=O) groups is 2. The first kappa shape index (κ1) is 14.5. The van der Waals surface area contributed by atoms with E-state index in [1.807, 2.05) is 6.92 Å². The van der Waals surface area contributed by atoms with Gasteiger partial charge in [-0.05, 0) is 18.6 Å². The first-order chi connectivity index (χ1) is 8.56. The number of carbonyl (C=O) groups excluding carboxylic acids is 1. The molecule has 1 unspecified atom stereocenters. The minimum atomic E-state index is -1.02. The zero-order valence-corrected chi connectivity index (χ0v) is 10.9. The van der Waals surface area contributed by atoms with Crippen LogP contribution >= 0.6 is 11.6 Å². The van der Waals surface area contributed by atoms with Gasteiger partial charge in [0.05, 0.1) is 10.6 Å². The van der Waals surface area contributed by atoms with Crippen LogP contribution in [0.2, 0.25) is 5.02 Å². The molecule has 2 N–H and O–H groups in total. The van der Waals surface area contributed by atoms with Gasteiger partial charge in [0, 0.05) is 0 Å². The highest BCUT2D eigenvalue weighted by atomic mass is 35.5. The van der Waals surface area contributed by atoms with Gasteiger partial charge < -0.3 is 10.4 Å². The van der Waals surface area contributed by atoms with E-state index in [2.05, 4.69) is 5.32 Å². The third-order valence-corrected chi connectivity index (χ3v) is 2.90. The van der Waals surface area contributed by atoms with Gasteiger partial charge in [-0.1, -0.05) is 43.5 Å². The second-order valence-corrected chi connectivity index (χ2v) is 4.39. The van der Waals surface area contributed by atoms with E-state index in [1.54, 1.807) is 24.3 Å². The van der Waals surface area contributed by atoms with Crippen LogP contribution in [0.15, 0.2) is 24.3 Å². The maximum absolute atomic E-state index is 11.9. The summed E-state index contributed by atoms with van der Waals surface area (Å²) in [6.07, 6.45) is 2.05. The van der Waals surface area contributed by atoms with Crippen LogP contribution in [-0.2, 0) is 4.79 Å². The van der Waals surface area contributed by atoms with Crippen molar-refractivity contribution in [2.45, 2.75) is 32.2 Å². The van der Waals surface area contributed by atoms with Crippen molar-refractivity contribution < 1.29 is 14.7 Å². The molecule has 1 atom stereocenters. The monoisotopic (exact) mass is 269 g/mol. The molecule has 4 nitrogen and oxygen atoms in total. The van der Waals surface area contributed by atoms with Gasteiger partial charge in [-0.15, -0.1) is 0 Å². The van der Waals surface area contributed by atoms with Crippen molar-refractivity contribution in [2.75, 3.05) is 0 Å². The molecular weight excluding hydrogens is 254 g/mol. The summed E-state index contributed by atoms with van der Waals surface area (Å²) in [5.41, 5.74) is 0.293. The zero-order chi connectivity index (χ0) is 13.5. The SMILES string of the molecule is CCCCC(NC(=O)c1ccccc1Cl)C(=O)O. The number of hydrogen-bond donors (Lipinski definition) is 2. The van der Waals surface area contributed by atoms with Crippen LogP contribution in [0.3, 0.4) is 0 Å². The fraction of sp³-hybridized carbons (Fsp3) is 0.385. The molecule has 0 aromatic heterocycles. The van der Waals surface area contributed by atoms with Gasteiger partial charge in [-0.25, -0.2) is 4.79 Å². The van der Waals surface area contributed by atoms with E-state index < -0.39 is 17.9 Å². The van der Waals surface area contributed by atoms with Gasteiger partial charge in [0.25, 0.3) is 5.91 Å². The molecule has 0 radical (unpaired) electrons. The van der Waals surface area contributed by atoms with Crippen molar-refractivity contribution in [3.63, 3.8) is 0 Å². The number of aliphatic carboxylic acids is 1. The first-order valence-corrected chi connectivity index (χ1v) is 6.22. The zero-order valence-electron chi connectivity index (χ0n) is 10.1. The Kier molecular flexibility index (Phi) is 5.65. The smallest absolute Gasteiger partial charge is 0.326 e. The van der Waals surface area contributed by atoms with Gasteiger partial charge in [-0.3, -0.25) is 4.79 Å². The molecule has 0 saturated carbocycles. The largest absolute Gasteiger partial charge is 0.480 e. The predicted octanol–water partition coefficient (Wildman–Crippen LogP) is 2.71. The van der Waals surface area contributed by atoms with Crippen LogP contribution in [0.5, 0.6) is 0 Å². The molecule has 0 bridgehead atoms. The molecule has 0 aliphatic heterocycles. The lowest BCUT2D eigenvalue weighted by Crippen LogP contribution is -2.40. The summed E-state index contributed by atoms with van der Waals surface area (Å²) < 4.78 is 0. The number of amides is 1. The molecule has 0 heterocycles. The molecule has 0 saturated heterocycles. The van der Waals surface area contributed by atoms with Crippen LogP contribution in [0.25, 0.3) is 0 Å². The van der Waals surface area contributed by atoms with Gasteiger partial charge in [0.1, 0.15) is 6.04 Å². The van der Waals surface area contributed by atoms with Crippen LogP contribution in [-0.4, -0.2) is 23.0 Å². The number of benzene rings is 1. The summed E-state index contributed by atoms with van der Waals surface area (Å²) >= 11 is 5.88. The fourth-order valence-corrected chi connectivity index (χ4v) is 1.77. The summed E-state index contributed by atoms with van der Waals surface area (Å²) in [4.78, 5) is 22.9. The van der Waals surface area contributed by atoms with Gasteiger partial charge in [-0.2, -0.15) is 0 Å². The molecule has 0 fully saturated rings. The number of nitrogens with one attached hydrogen (secondary N) is 1. The summed E-state index contributed by atoms with van der Waals surface area (Å²) in [5.74, 6) is -1.48. The van der Waals surface area contributed by atoms with Crippen LogP contribution in [0.1, 0.15) is 36.5 Å². The van der Waals surface area contributed by atoms with Gasteiger partial charge in [0.2, 0.25) is 0 Å². The Labute approximate surface area is 111 Å².